The SMILES string of the molecule is C=CCNC(=O)c1ccccc1NC(=O)c1cc(-c2cc(C)sc2C)nc2onc(C)c12. The van der Waals surface area contributed by atoms with Crippen LogP contribution in [0.2, 0.25) is 0 Å². The number of carbonyl (C=O) groups is 2. The summed E-state index contributed by atoms with van der Waals surface area (Å²) in [6, 6.07) is 10.6. The Morgan fingerprint density at radius 3 is 2.62 bits per heavy atom. The smallest absolute Gasteiger partial charge is 0.259 e. The number of amides is 2. The van der Waals surface area contributed by atoms with Crippen molar-refractivity contribution in [1.82, 2.24) is 15.5 Å². The molecule has 3 aromatic heterocycles. The molecule has 4 aromatic rings. The predicted octanol–water partition coefficient (Wildman–Crippen LogP) is 5.04. The van der Waals surface area contributed by atoms with E-state index in [1.165, 1.54) is 0 Å². The predicted molar refractivity (Wildman–Crippen MR) is 126 cm³/mol. The molecule has 32 heavy (non-hydrogen) atoms. The van der Waals surface area contributed by atoms with Gasteiger partial charge in [-0.15, -0.1) is 17.9 Å². The first-order chi connectivity index (χ1) is 15.4. The number of hydrogen-bond acceptors (Lipinski definition) is 6. The molecule has 162 valence electrons. The molecule has 0 aliphatic rings. The molecule has 0 saturated carbocycles. The lowest BCUT2D eigenvalue weighted by molar-refractivity contribution is 0.0959. The standard InChI is InChI=1S/C24H22N4O3S/c1-5-10-25-22(29)16-8-6-7-9-19(16)26-23(30)18-12-20(17-11-13(2)32-15(17)4)27-24-21(18)14(3)28-31-24/h5-9,11-12H,1,10H2,2-4H3,(H,25,29)(H,26,30). The van der Waals surface area contributed by atoms with Gasteiger partial charge in [0.15, 0.2) is 0 Å². The van der Waals surface area contributed by atoms with E-state index in [0.717, 1.165) is 15.3 Å². The van der Waals surface area contributed by atoms with E-state index in [9.17, 15) is 9.59 Å². The van der Waals surface area contributed by atoms with Gasteiger partial charge in [0.25, 0.3) is 17.5 Å². The van der Waals surface area contributed by atoms with Gasteiger partial charge in [-0.05, 0) is 45.0 Å². The van der Waals surface area contributed by atoms with Crippen LogP contribution in [0.1, 0.15) is 36.2 Å². The van der Waals surface area contributed by atoms with Crippen molar-refractivity contribution in [3.63, 3.8) is 0 Å². The van der Waals surface area contributed by atoms with Gasteiger partial charge in [-0.25, -0.2) is 4.98 Å². The number of para-hydroxylation sites is 1. The first-order valence-corrected chi connectivity index (χ1v) is 10.8. The number of carbonyl (C=O) groups excluding carboxylic acids is 2. The van der Waals surface area contributed by atoms with Crippen LogP contribution in [0.15, 0.2) is 53.6 Å². The maximum atomic E-state index is 13.4. The van der Waals surface area contributed by atoms with Crippen LogP contribution in [0.3, 0.4) is 0 Å². The Morgan fingerprint density at radius 1 is 1.12 bits per heavy atom. The van der Waals surface area contributed by atoms with Gasteiger partial charge >= 0.3 is 0 Å². The van der Waals surface area contributed by atoms with Crippen LogP contribution in [-0.4, -0.2) is 28.5 Å². The topological polar surface area (TPSA) is 97.1 Å². The van der Waals surface area contributed by atoms with E-state index in [1.807, 2.05) is 19.9 Å². The number of anilines is 1. The van der Waals surface area contributed by atoms with Crippen LogP contribution < -0.4 is 10.6 Å². The minimum Gasteiger partial charge on any atom is -0.349 e. The second-order valence-corrected chi connectivity index (χ2v) is 8.79. The Morgan fingerprint density at radius 2 is 1.91 bits per heavy atom. The van der Waals surface area contributed by atoms with E-state index in [2.05, 4.69) is 27.4 Å². The largest absolute Gasteiger partial charge is 0.349 e. The van der Waals surface area contributed by atoms with E-state index in [-0.39, 0.29) is 11.8 Å². The number of nitrogens with one attached hydrogen (secondary N) is 2. The third-order valence-corrected chi connectivity index (χ3v) is 5.97. The van der Waals surface area contributed by atoms with Crippen LogP contribution in [-0.2, 0) is 0 Å². The zero-order valence-corrected chi connectivity index (χ0v) is 18.8. The first-order valence-electron chi connectivity index (χ1n) is 10.0. The van der Waals surface area contributed by atoms with E-state index in [0.29, 0.717) is 45.8 Å². The Labute approximate surface area is 189 Å². The van der Waals surface area contributed by atoms with Gasteiger partial charge in [-0.3, -0.25) is 9.59 Å². The van der Waals surface area contributed by atoms with Crippen molar-refractivity contribution in [2.45, 2.75) is 20.8 Å². The van der Waals surface area contributed by atoms with Gasteiger partial charge in [0.1, 0.15) is 0 Å². The van der Waals surface area contributed by atoms with E-state index in [1.54, 1.807) is 54.7 Å². The molecule has 0 spiro atoms. The summed E-state index contributed by atoms with van der Waals surface area (Å²) in [6.07, 6.45) is 1.59. The highest BCUT2D eigenvalue weighted by Gasteiger charge is 2.22. The summed E-state index contributed by atoms with van der Waals surface area (Å²) in [5.41, 5.74) is 3.60. The molecule has 0 aliphatic heterocycles. The number of aromatic nitrogens is 2. The fourth-order valence-corrected chi connectivity index (χ4v) is 4.47. The van der Waals surface area contributed by atoms with Crippen molar-refractivity contribution >= 4 is 39.9 Å². The Hall–Kier alpha value is -3.78. The van der Waals surface area contributed by atoms with E-state index in [4.69, 9.17) is 4.52 Å². The maximum Gasteiger partial charge on any atom is 0.259 e. The number of rotatable bonds is 6. The van der Waals surface area contributed by atoms with Crippen molar-refractivity contribution in [1.29, 1.82) is 0 Å². The van der Waals surface area contributed by atoms with Crippen LogP contribution in [0.25, 0.3) is 22.4 Å². The monoisotopic (exact) mass is 446 g/mol. The number of pyridine rings is 1. The molecule has 0 saturated heterocycles. The summed E-state index contributed by atoms with van der Waals surface area (Å²) in [6.45, 7) is 9.74. The van der Waals surface area contributed by atoms with Crippen molar-refractivity contribution in [3.05, 3.63) is 75.6 Å². The Balaban J connectivity index is 1.76. The number of hydrogen-bond donors (Lipinski definition) is 2. The highest BCUT2D eigenvalue weighted by molar-refractivity contribution is 7.12. The maximum absolute atomic E-state index is 13.4. The molecule has 0 unspecified atom stereocenters. The Bertz CT molecular complexity index is 1350. The summed E-state index contributed by atoms with van der Waals surface area (Å²) < 4.78 is 5.39. The summed E-state index contributed by atoms with van der Waals surface area (Å²) >= 11 is 1.66. The number of nitrogens with zero attached hydrogens (tertiary/aromatic N) is 2. The molecular formula is C24H22N4O3S. The molecule has 1 aromatic carbocycles. The van der Waals surface area contributed by atoms with Crippen molar-refractivity contribution < 1.29 is 14.1 Å². The Kier molecular flexibility index (Phi) is 5.87. The summed E-state index contributed by atoms with van der Waals surface area (Å²) in [5, 5.41) is 10.2. The number of thiophene rings is 1. The minimum absolute atomic E-state index is 0.297. The third kappa shape index (κ3) is 4.04. The molecule has 2 amide bonds. The molecule has 0 bridgehead atoms. The van der Waals surface area contributed by atoms with Crippen LogP contribution in [0, 0.1) is 20.8 Å². The minimum atomic E-state index is -0.376. The molecule has 0 fully saturated rings. The number of benzene rings is 1. The molecule has 8 heteroatoms. The second kappa shape index (κ2) is 8.76. The van der Waals surface area contributed by atoms with Gasteiger partial charge in [-0.2, -0.15) is 0 Å². The van der Waals surface area contributed by atoms with Gasteiger partial charge < -0.3 is 15.2 Å². The van der Waals surface area contributed by atoms with Crippen molar-refractivity contribution in [2.75, 3.05) is 11.9 Å². The van der Waals surface area contributed by atoms with E-state index < -0.39 is 0 Å². The lowest BCUT2D eigenvalue weighted by Gasteiger charge is -2.12. The molecule has 7 nitrogen and oxygen atoms in total. The van der Waals surface area contributed by atoms with Crippen LogP contribution >= 0.6 is 11.3 Å². The van der Waals surface area contributed by atoms with Crippen molar-refractivity contribution in [2.24, 2.45) is 0 Å². The van der Waals surface area contributed by atoms with Crippen molar-refractivity contribution in [3.8, 4) is 11.3 Å². The average Bonchev–Trinajstić information content (AvgIpc) is 3.32. The fraction of sp³-hybridized carbons (Fsp3) is 0.167. The van der Waals surface area contributed by atoms with Gasteiger partial charge in [0, 0.05) is 21.9 Å². The molecule has 4 rings (SSSR count). The lowest BCUT2D eigenvalue weighted by Crippen LogP contribution is -2.25. The van der Waals surface area contributed by atoms with E-state index >= 15 is 0 Å². The zero-order chi connectivity index (χ0) is 22.8. The number of fused-ring (bicyclic) bond motifs is 1. The summed E-state index contributed by atoms with van der Waals surface area (Å²) in [4.78, 5) is 32.7. The zero-order valence-electron chi connectivity index (χ0n) is 18.0. The number of aryl methyl sites for hydroxylation is 3. The van der Waals surface area contributed by atoms with Gasteiger partial charge in [0.05, 0.1) is 33.6 Å². The molecule has 2 N–H and O–H groups in total. The fourth-order valence-electron chi connectivity index (χ4n) is 3.54. The quantitative estimate of drug-likeness (QED) is 0.404. The van der Waals surface area contributed by atoms with Crippen LogP contribution in [0.4, 0.5) is 5.69 Å². The average molecular weight is 447 g/mol. The highest BCUT2D eigenvalue weighted by Crippen LogP contribution is 2.33. The summed E-state index contributed by atoms with van der Waals surface area (Å²) in [7, 11) is 0. The summed E-state index contributed by atoms with van der Waals surface area (Å²) in [5.74, 6) is -0.676. The lowest BCUT2D eigenvalue weighted by atomic mass is 10.0. The molecule has 0 radical (unpaired) electrons. The molecule has 0 atom stereocenters. The molecular weight excluding hydrogens is 424 g/mol. The van der Waals surface area contributed by atoms with Gasteiger partial charge in [-0.1, -0.05) is 23.4 Å². The van der Waals surface area contributed by atoms with Crippen LogP contribution in [0.5, 0.6) is 0 Å². The second-order valence-electron chi connectivity index (χ2n) is 7.33. The third-order valence-electron chi connectivity index (χ3n) is 5.01. The van der Waals surface area contributed by atoms with Gasteiger partial charge in [0.2, 0.25) is 0 Å². The molecule has 0 aliphatic carbocycles. The molecule has 3 heterocycles. The normalized spacial score (nSPS) is 10.8. The highest BCUT2D eigenvalue weighted by atomic mass is 32.1. The first kappa shape index (κ1) is 21.5.